The van der Waals surface area contributed by atoms with Gasteiger partial charge in [-0.3, -0.25) is 9.59 Å². The monoisotopic (exact) mass is 346 g/mol. The van der Waals surface area contributed by atoms with Crippen molar-refractivity contribution in [3.63, 3.8) is 0 Å². The summed E-state index contributed by atoms with van der Waals surface area (Å²) in [5.74, 6) is 0.289. The lowest BCUT2D eigenvalue weighted by Crippen LogP contribution is -2.15. The summed E-state index contributed by atoms with van der Waals surface area (Å²) in [5.41, 5.74) is 12.4. The van der Waals surface area contributed by atoms with Gasteiger partial charge in [-0.15, -0.1) is 0 Å². The van der Waals surface area contributed by atoms with Gasteiger partial charge in [0.1, 0.15) is 11.6 Å². The van der Waals surface area contributed by atoms with Crippen LogP contribution in [0.4, 0.5) is 23.0 Å². The molecule has 2 aromatic rings. The molecule has 1 aromatic carbocycles. The molecular formula is C15H18N6O2S. The van der Waals surface area contributed by atoms with Crippen molar-refractivity contribution in [1.82, 2.24) is 9.97 Å². The van der Waals surface area contributed by atoms with Gasteiger partial charge in [0.15, 0.2) is 5.16 Å². The van der Waals surface area contributed by atoms with Gasteiger partial charge in [-0.25, -0.2) is 9.97 Å². The molecule has 0 aliphatic rings. The minimum atomic E-state index is -0.233. The fraction of sp³-hybridized carbons (Fsp3) is 0.200. The molecule has 8 nitrogen and oxygen atoms in total. The lowest BCUT2D eigenvalue weighted by Gasteiger charge is -2.08. The van der Waals surface area contributed by atoms with Crippen LogP contribution >= 0.6 is 11.8 Å². The number of benzene rings is 1. The highest BCUT2D eigenvalue weighted by Gasteiger charge is 2.08. The van der Waals surface area contributed by atoms with Crippen LogP contribution in [0.25, 0.3) is 0 Å². The first-order valence-corrected chi connectivity index (χ1v) is 8.17. The van der Waals surface area contributed by atoms with Crippen LogP contribution in [-0.2, 0) is 9.59 Å². The van der Waals surface area contributed by atoms with E-state index < -0.39 is 0 Å². The van der Waals surface area contributed by atoms with Gasteiger partial charge in [0, 0.05) is 23.9 Å². The van der Waals surface area contributed by atoms with E-state index in [2.05, 4.69) is 20.6 Å². The first kappa shape index (κ1) is 17.5. The van der Waals surface area contributed by atoms with E-state index in [0.717, 1.165) is 11.8 Å². The van der Waals surface area contributed by atoms with Crippen molar-refractivity contribution in [1.29, 1.82) is 0 Å². The topological polar surface area (TPSA) is 136 Å². The Morgan fingerprint density at radius 3 is 2.21 bits per heavy atom. The number of carbonyl (C=O) groups excluding carboxylic acids is 2. The summed E-state index contributed by atoms with van der Waals surface area (Å²) in [6.07, 6.45) is 0.385. The number of hydrogen-bond acceptors (Lipinski definition) is 7. The van der Waals surface area contributed by atoms with Crippen LogP contribution in [0.1, 0.15) is 13.3 Å². The van der Waals surface area contributed by atoms with Crippen molar-refractivity contribution < 1.29 is 9.59 Å². The molecule has 0 aliphatic heterocycles. The number of nitrogens with zero attached hydrogens (tertiary/aromatic N) is 2. The molecule has 0 aliphatic carbocycles. The molecule has 1 aromatic heterocycles. The molecule has 0 spiro atoms. The lowest BCUT2D eigenvalue weighted by atomic mass is 10.2. The van der Waals surface area contributed by atoms with Crippen LogP contribution in [-0.4, -0.2) is 27.5 Å². The van der Waals surface area contributed by atoms with E-state index in [1.807, 2.05) is 0 Å². The van der Waals surface area contributed by atoms with Gasteiger partial charge in [0.25, 0.3) is 0 Å². The van der Waals surface area contributed by atoms with Gasteiger partial charge in [0.05, 0.1) is 5.75 Å². The number of carbonyl (C=O) groups is 2. The number of anilines is 4. The second kappa shape index (κ2) is 8.16. The second-order valence-corrected chi connectivity index (χ2v) is 5.76. The number of hydrogen-bond donors (Lipinski definition) is 4. The maximum Gasteiger partial charge on any atom is 0.234 e. The molecule has 0 saturated carbocycles. The minimum absolute atomic E-state index is 0.0922. The van der Waals surface area contributed by atoms with Gasteiger partial charge in [-0.1, -0.05) is 24.8 Å². The molecule has 0 radical (unpaired) electrons. The standard InChI is InChI=1S/C15H18N6O2S/c1-2-13(22)18-9-4-3-5-10(6-9)19-14(23)8-24-15-20-11(16)7-12(17)21-15/h3-7H,2,8H2,1H3,(H,18,22)(H,19,23)(H4,16,17,20,21). The summed E-state index contributed by atoms with van der Waals surface area (Å²) in [6.45, 7) is 1.77. The predicted octanol–water partition coefficient (Wildman–Crippen LogP) is 1.72. The molecule has 1 heterocycles. The molecule has 9 heteroatoms. The SMILES string of the molecule is CCC(=O)Nc1cccc(NC(=O)CSc2nc(N)cc(N)n2)c1. The Balaban J connectivity index is 1.92. The molecule has 126 valence electrons. The summed E-state index contributed by atoms with van der Waals surface area (Å²) < 4.78 is 0. The Morgan fingerprint density at radius 1 is 1.04 bits per heavy atom. The Kier molecular flexibility index (Phi) is 5.96. The summed E-state index contributed by atoms with van der Waals surface area (Å²) in [4.78, 5) is 31.4. The zero-order valence-electron chi connectivity index (χ0n) is 13.1. The number of nitrogens with two attached hydrogens (primary N) is 2. The van der Waals surface area contributed by atoms with E-state index in [0.29, 0.717) is 23.0 Å². The van der Waals surface area contributed by atoms with Crippen molar-refractivity contribution in [2.45, 2.75) is 18.5 Å². The largest absolute Gasteiger partial charge is 0.383 e. The average molecular weight is 346 g/mol. The van der Waals surface area contributed by atoms with Crippen molar-refractivity contribution in [3.8, 4) is 0 Å². The van der Waals surface area contributed by atoms with Gasteiger partial charge in [-0.2, -0.15) is 0 Å². The van der Waals surface area contributed by atoms with E-state index in [1.54, 1.807) is 31.2 Å². The van der Waals surface area contributed by atoms with Crippen molar-refractivity contribution in [2.24, 2.45) is 0 Å². The third kappa shape index (κ3) is 5.43. The molecule has 0 saturated heterocycles. The molecule has 2 amide bonds. The van der Waals surface area contributed by atoms with Gasteiger partial charge in [0.2, 0.25) is 11.8 Å². The second-order valence-electron chi connectivity index (χ2n) is 4.82. The normalized spacial score (nSPS) is 10.2. The summed E-state index contributed by atoms with van der Waals surface area (Å²) in [7, 11) is 0. The van der Waals surface area contributed by atoms with Gasteiger partial charge >= 0.3 is 0 Å². The molecule has 24 heavy (non-hydrogen) atoms. The first-order valence-electron chi connectivity index (χ1n) is 7.19. The molecule has 2 rings (SSSR count). The van der Waals surface area contributed by atoms with Crippen molar-refractivity contribution in [2.75, 3.05) is 27.9 Å². The minimum Gasteiger partial charge on any atom is -0.383 e. The molecule has 0 unspecified atom stereocenters. The molecule has 0 atom stereocenters. The predicted molar refractivity (Wildman–Crippen MR) is 95.6 cm³/mol. The lowest BCUT2D eigenvalue weighted by molar-refractivity contribution is -0.116. The molecule has 6 N–H and O–H groups in total. The summed E-state index contributed by atoms with van der Waals surface area (Å²) >= 11 is 1.13. The molecule has 0 bridgehead atoms. The Hall–Kier alpha value is -2.81. The van der Waals surface area contributed by atoms with Crippen LogP contribution < -0.4 is 22.1 Å². The number of thioether (sulfide) groups is 1. The summed E-state index contributed by atoms with van der Waals surface area (Å²) in [6, 6.07) is 8.36. The van der Waals surface area contributed by atoms with E-state index in [-0.39, 0.29) is 29.2 Å². The highest BCUT2D eigenvalue weighted by molar-refractivity contribution is 7.99. The Bertz CT molecular complexity index is 732. The van der Waals surface area contributed by atoms with Crippen LogP contribution in [0.3, 0.4) is 0 Å². The smallest absolute Gasteiger partial charge is 0.234 e. The van der Waals surface area contributed by atoms with Crippen molar-refractivity contribution in [3.05, 3.63) is 30.3 Å². The first-order chi connectivity index (χ1) is 11.5. The maximum atomic E-state index is 12.0. The third-order valence-electron chi connectivity index (χ3n) is 2.83. The zero-order valence-corrected chi connectivity index (χ0v) is 13.9. The van der Waals surface area contributed by atoms with Gasteiger partial charge < -0.3 is 22.1 Å². The number of aromatic nitrogens is 2. The van der Waals surface area contributed by atoms with E-state index in [4.69, 9.17) is 11.5 Å². The zero-order chi connectivity index (χ0) is 17.5. The third-order valence-corrected chi connectivity index (χ3v) is 3.68. The molecule has 0 fully saturated rings. The van der Waals surface area contributed by atoms with Crippen LogP contribution in [0, 0.1) is 0 Å². The van der Waals surface area contributed by atoms with Gasteiger partial charge in [-0.05, 0) is 18.2 Å². The number of nitrogen functional groups attached to an aromatic ring is 2. The summed E-state index contributed by atoms with van der Waals surface area (Å²) in [5, 5.41) is 5.82. The van der Waals surface area contributed by atoms with Crippen LogP contribution in [0.2, 0.25) is 0 Å². The number of nitrogens with one attached hydrogen (secondary N) is 2. The van der Waals surface area contributed by atoms with Crippen LogP contribution in [0.15, 0.2) is 35.5 Å². The van der Waals surface area contributed by atoms with Crippen molar-refractivity contribution >= 4 is 46.6 Å². The fourth-order valence-electron chi connectivity index (χ4n) is 1.78. The Morgan fingerprint density at radius 2 is 1.62 bits per heavy atom. The maximum absolute atomic E-state index is 12.0. The Labute approximate surface area is 143 Å². The quantitative estimate of drug-likeness (QED) is 0.462. The highest BCUT2D eigenvalue weighted by Crippen LogP contribution is 2.18. The van der Waals surface area contributed by atoms with E-state index >= 15 is 0 Å². The average Bonchev–Trinajstić information content (AvgIpc) is 2.52. The fourth-order valence-corrected chi connectivity index (χ4v) is 2.45. The van der Waals surface area contributed by atoms with Crippen LogP contribution in [0.5, 0.6) is 0 Å². The van der Waals surface area contributed by atoms with E-state index in [9.17, 15) is 9.59 Å². The number of amides is 2. The van der Waals surface area contributed by atoms with E-state index in [1.165, 1.54) is 6.07 Å². The number of rotatable bonds is 6. The molecular weight excluding hydrogens is 328 g/mol. The highest BCUT2D eigenvalue weighted by atomic mass is 32.2.